The molecule has 152 valence electrons. The van der Waals surface area contributed by atoms with Crippen LogP contribution in [0.25, 0.3) is 16.8 Å². The normalized spacial score (nSPS) is 18.3. The summed E-state index contributed by atoms with van der Waals surface area (Å²) in [7, 11) is 0. The van der Waals surface area contributed by atoms with Crippen molar-refractivity contribution in [1.82, 2.24) is 20.5 Å². The minimum atomic E-state index is -0.504. The number of benzene rings is 2. The van der Waals surface area contributed by atoms with Gasteiger partial charge in [0.05, 0.1) is 37.3 Å². The molecule has 0 saturated carbocycles. The number of hydrogen-bond donors (Lipinski definition) is 1. The van der Waals surface area contributed by atoms with Gasteiger partial charge >= 0.3 is 6.09 Å². The lowest BCUT2D eigenvalue weighted by Gasteiger charge is -2.14. The van der Waals surface area contributed by atoms with Crippen molar-refractivity contribution < 1.29 is 18.8 Å². The van der Waals surface area contributed by atoms with Gasteiger partial charge in [-0.15, -0.1) is 5.10 Å². The molecule has 2 aromatic carbocycles. The van der Waals surface area contributed by atoms with Crippen LogP contribution >= 0.6 is 0 Å². The van der Waals surface area contributed by atoms with Gasteiger partial charge in [0, 0.05) is 11.8 Å². The number of hydroxylamine groups is 1. The van der Waals surface area contributed by atoms with Crippen LogP contribution < -0.4 is 10.4 Å². The smallest absolute Gasteiger partial charge is 0.414 e. The Balaban J connectivity index is 1.32. The van der Waals surface area contributed by atoms with Gasteiger partial charge < -0.3 is 4.74 Å². The average molecular weight is 407 g/mol. The molecule has 0 radical (unpaired) electrons. The lowest BCUT2D eigenvalue weighted by atomic mass is 10.0. The van der Waals surface area contributed by atoms with E-state index in [1.807, 2.05) is 30.3 Å². The molecule has 1 amide bonds. The Labute approximate surface area is 171 Å². The average Bonchev–Trinajstić information content (AvgIpc) is 3.51. The summed E-state index contributed by atoms with van der Waals surface area (Å²) in [6.07, 6.45) is 4.32. The predicted molar refractivity (Wildman–Crippen MR) is 107 cm³/mol. The molecule has 1 N–H and O–H groups in total. The first kappa shape index (κ1) is 18.3. The highest BCUT2D eigenvalue weighted by Crippen LogP contribution is 2.30. The highest BCUT2D eigenvalue weighted by Gasteiger charge is 2.33. The molecule has 30 heavy (non-hydrogen) atoms. The minimum absolute atomic E-state index is 0.316. The van der Waals surface area contributed by atoms with Crippen LogP contribution in [-0.2, 0) is 16.1 Å². The number of nitrogens with one attached hydrogen (secondary N) is 1. The van der Waals surface area contributed by atoms with Crippen LogP contribution in [0.4, 0.5) is 14.9 Å². The van der Waals surface area contributed by atoms with Crippen LogP contribution in [0.2, 0.25) is 0 Å². The van der Waals surface area contributed by atoms with Gasteiger partial charge in [0.1, 0.15) is 11.9 Å². The van der Waals surface area contributed by atoms with Crippen molar-refractivity contribution in [3.8, 4) is 11.1 Å². The van der Waals surface area contributed by atoms with Gasteiger partial charge in [-0.3, -0.25) is 15.2 Å². The summed E-state index contributed by atoms with van der Waals surface area (Å²) < 4.78 is 21.8. The van der Waals surface area contributed by atoms with E-state index in [-0.39, 0.29) is 6.10 Å². The van der Waals surface area contributed by atoms with E-state index < -0.39 is 11.9 Å². The van der Waals surface area contributed by atoms with Gasteiger partial charge in [-0.25, -0.2) is 13.9 Å². The molecule has 0 bridgehead atoms. The number of rotatable bonds is 5. The van der Waals surface area contributed by atoms with Crippen LogP contribution in [0.3, 0.4) is 0 Å². The molecule has 0 aliphatic carbocycles. The van der Waals surface area contributed by atoms with Crippen molar-refractivity contribution in [1.29, 1.82) is 0 Å². The third kappa shape index (κ3) is 3.50. The quantitative estimate of drug-likeness (QED) is 0.700. The van der Waals surface area contributed by atoms with Crippen LogP contribution in [0.5, 0.6) is 0 Å². The fourth-order valence-corrected chi connectivity index (χ4v) is 3.56. The van der Waals surface area contributed by atoms with Gasteiger partial charge in [0.25, 0.3) is 0 Å². The molecule has 8 nitrogen and oxygen atoms in total. The zero-order valence-corrected chi connectivity index (χ0v) is 15.9. The van der Waals surface area contributed by atoms with Crippen molar-refractivity contribution in [3.05, 3.63) is 72.3 Å². The molecule has 2 aliphatic heterocycles. The summed E-state index contributed by atoms with van der Waals surface area (Å²) in [5.74, 6) is -0.408. The van der Waals surface area contributed by atoms with E-state index in [2.05, 4.69) is 15.8 Å². The summed E-state index contributed by atoms with van der Waals surface area (Å²) in [5, 5.41) is 7.61. The molecule has 1 atom stereocenters. The molecule has 0 spiro atoms. The highest BCUT2D eigenvalue weighted by atomic mass is 19.1. The number of cyclic esters (lactones) is 1. The van der Waals surface area contributed by atoms with Gasteiger partial charge in [-0.1, -0.05) is 29.5 Å². The number of hydrogen-bond acceptors (Lipinski definition) is 6. The Bertz CT molecular complexity index is 1100. The maximum atomic E-state index is 14.9. The van der Waals surface area contributed by atoms with Gasteiger partial charge in [-0.05, 0) is 35.4 Å². The number of ether oxygens (including phenoxy) is 1. The van der Waals surface area contributed by atoms with E-state index in [9.17, 15) is 9.18 Å². The molecule has 1 saturated heterocycles. The largest absolute Gasteiger partial charge is 0.442 e. The van der Waals surface area contributed by atoms with E-state index >= 15 is 0 Å². The second-order valence-electron chi connectivity index (χ2n) is 7.01. The standard InChI is InChI=1S/C21H18FN5O3/c22-19-11-16(27-13-17(30-21(27)28)12-26-9-8-23-25-26)5-6-18(19)14-1-3-15(4-2-14)20-7-10-29-24-20/h1-9,11,17,24H,10,12-13H2/t17-/m0/s1. The van der Waals surface area contributed by atoms with Crippen molar-refractivity contribution in [2.45, 2.75) is 12.6 Å². The Morgan fingerprint density at radius 2 is 2.00 bits per heavy atom. The van der Waals surface area contributed by atoms with E-state index in [1.165, 1.54) is 11.0 Å². The molecule has 1 fully saturated rings. The Morgan fingerprint density at radius 1 is 1.17 bits per heavy atom. The first-order valence-electron chi connectivity index (χ1n) is 9.48. The molecule has 0 unspecified atom stereocenters. The number of aromatic nitrogens is 3. The highest BCUT2D eigenvalue weighted by molar-refractivity contribution is 5.90. The van der Waals surface area contributed by atoms with Crippen LogP contribution in [0.1, 0.15) is 5.56 Å². The predicted octanol–water partition coefficient (Wildman–Crippen LogP) is 2.99. The number of nitrogens with zero attached hydrogens (tertiary/aromatic N) is 4. The lowest BCUT2D eigenvalue weighted by Crippen LogP contribution is -2.26. The zero-order valence-electron chi connectivity index (χ0n) is 15.9. The third-order valence-corrected chi connectivity index (χ3v) is 5.06. The maximum Gasteiger partial charge on any atom is 0.414 e. The Hall–Kier alpha value is -3.72. The van der Waals surface area contributed by atoms with Crippen LogP contribution in [-0.4, -0.2) is 40.3 Å². The summed E-state index contributed by atoms with van der Waals surface area (Å²) in [4.78, 5) is 18.8. The lowest BCUT2D eigenvalue weighted by molar-refractivity contribution is 0.121. The summed E-state index contributed by atoms with van der Waals surface area (Å²) in [6, 6.07) is 12.3. The summed E-state index contributed by atoms with van der Waals surface area (Å²) in [6.45, 7) is 1.23. The summed E-state index contributed by atoms with van der Waals surface area (Å²) >= 11 is 0. The van der Waals surface area contributed by atoms with Gasteiger partial charge in [-0.2, -0.15) is 0 Å². The maximum absolute atomic E-state index is 14.9. The number of anilines is 1. The molecule has 9 heteroatoms. The Morgan fingerprint density at radius 3 is 2.70 bits per heavy atom. The number of carbonyl (C=O) groups is 1. The SMILES string of the molecule is O=C1O[C@@H](Cn2ccnn2)CN1c1ccc(-c2ccc(C3=CCON3)cc2)c(F)c1. The first-order valence-corrected chi connectivity index (χ1v) is 9.48. The molecular formula is C21H18FN5O3. The van der Waals surface area contributed by atoms with Crippen molar-refractivity contribution >= 4 is 17.5 Å². The molecule has 3 aromatic rings. The third-order valence-electron chi connectivity index (χ3n) is 5.06. The monoisotopic (exact) mass is 407 g/mol. The zero-order chi connectivity index (χ0) is 20.5. The molecule has 1 aromatic heterocycles. The second kappa shape index (κ2) is 7.60. The van der Waals surface area contributed by atoms with Crippen LogP contribution in [0, 0.1) is 5.82 Å². The molecular weight excluding hydrogens is 389 g/mol. The topological polar surface area (TPSA) is 81.5 Å². The first-order chi connectivity index (χ1) is 14.7. The van der Waals surface area contributed by atoms with Gasteiger partial charge in [0.2, 0.25) is 0 Å². The number of carbonyl (C=O) groups excluding carboxylic acids is 1. The molecule has 3 heterocycles. The van der Waals surface area contributed by atoms with Crippen molar-refractivity contribution in [2.75, 3.05) is 18.1 Å². The number of amides is 1. The van der Waals surface area contributed by atoms with E-state index in [0.29, 0.717) is 30.9 Å². The summed E-state index contributed by atoms with van der Waals surface area (Å²) in [5.41, 5.74) is 6.35. The minimum Gasteiger partial charge on any atom is -0.442 e. The van der Waals surface area contributed by atoms with E-state index in [0.717, 1.165) is 16.8 Å². The van der Waals surface area contributed by atoms with E-state index in [4.69, 9.17) is 9.57 Å². The van der Waals surface area contributed by atoms with E-state index in [1.54, 1.807) is 29.2 Å². The van der Waals surface area contributed by atoms with Crippen molar-refractivity contribution in [3.63, 3.8) is 0 Å². The molecule has 2 aliphatic rings. The van der Waals surface area contributed by atoms with Crippen LogP contribution in [0.15, 0.2) is 60.9 Å². The fourth-order valence-electron chi connectivity index (χ4n) is 3.56. The van der Waals surface area contributed by atoms with Gasteiger partial charge in [0.15, 0.2) is 0 Å². The second-order valence-corrected chi connectivity index (χ2v) is 7.01. The fraction of sp³-hybridized carbons (Fsp3) is 0.190. The Kier molecular flexibility index (Phi) is 4.64. The molecule has 5 rings (SSSR count). The van der Waals surface area contributed by atoms with Crippen molar-refractivity contribution in [2.24, 2.45) is 0 Å². The number of halogens is 1.